The van der Waals surface area contributed by atoms with Gasteiger partial charge in [-0.2, -0.15) is 0 Å². The summed E-state index contributed by atoms with van der Waals surface area (Å²) in [4.78, 5) is 0. The Balaban J connectivity index is 2.61. The summed E-state index contributed by atoms with van der Waals surface area (Å²) in [5, 5.41) is 0. The zero-order valence-electron chi connectivity index (χ0n) is 10.3. The van der Waals surface area contributed by atoms with Crippen molar-refractivity contribution < 1.29 is 0 Å². The summed E-state index contributed by atoms with van der Waals surface area (Å²) < 4.78 is 0. The predicted octanol–water partition coefficient (Wildman–Crippen LogP) is 3.58. The molecule has 1 fully saturated rings. The molecule has 3 unspecified atom stereocenters. The Morgan fingerprint density at radius 2 is 1.64 bits per heavy atom. The molecular formula is C13H27N. The Labute approximate surface area is 89.5 Å². The van der Waals surface area contributed by atoms with Crippen molar-refractivity contribution in [3.05, 3.63) is 0 Å². The van der Waals surface area contributed by atoms with Crippen molar-refractivity contribution in [1.82, 2.24) is 0 Å². The highest BCUT2D eigenvalue weighted by Gasteiger charge is 2.36. The minimum absolute atomic E-state index is 0.119. The second kappa shape index (κ2) is 4.65. The van der Waals surface area contributed by atoms with E-state index in [1.54, 1.807) is 0 Å². The Morgan fingerprint density at radius 1 is 1.07 bits per heavy atom. The van der Waals surface area contributed by atoms with Crippen molar-refractivity contribution in [1.29, 1.82) is 0 Å². The topological polar surface area (TPSA) is 26.0 Å². The normalized spacial score (nSPS) is 34.5. The molecule has 0 bridgehead atoms. The van der Waals surface area contributed by atoms with E-state index < -0.39 is 0 Å². The first-order valence-corrected chi connectivity index (χ1v) is 6.32. The average Bonchev–Trinajstić information content (AvgIpc) is 2.21. The first-order valence-electron chi connectivity index (χ1n) is 6.32. The molecule has 84 valence electrons. The summed E-state index contributed by atoms with van der Waals surface area (Å²) >= 11 is 0. The van der Waals surface area contributed by atoms with E-state index in [2.05, 4.69) is 27.7 Å². The summed E-state index contributed by atoms with van der Waals surface area (Å²) in [5.41, 5.74) is 6.60. The van der Waals surface area contributed by atoms with Crippen molar-refractivity contribution in [2.24, 2.45) is 23.5 Å². The summed E-state index contributed by atoms with van der Waals surface area (Å²) in [6.07, 6.45) is 6.35. The van der Waals surface area contributed by atoms with Crippen LogP contribution in [0.1, 0.15) is 59.8 Å². The number of hydrogen-bond donors (Lipinski definition) is 1. The Hall–Kier alpha value is -0.0400. The van der Waals surface area contributed by atoms with Gasteiger partial charge in [-0.3, -0.25) is 0 Å². The number of hydrogen-bond acceptors (Lipinski definition) is 1. The van der Waals surface area contributed by atoms with E-state index in [1.165, 1.54) is 19.3 Å². The summed E-state index contributed by atoms with van der Waals surface area (Å²) in [6.45, 7) is 9.26. The van der Waals surface area contributed by atoms with Crippen molar-refractivity contribution in [3.63, 3.8) is 0 Å². The lowest BCUT2D eigenvalue weighted by Gasteiger charge is -2.42. The minimum Gasteiger partial charge on any atom is -0.325 e. The molecule has 0 amide bonds. The molecule has 0 aromatic carbocycles. The molecule has 0 radical (unpaired) electrons. The van der Waals surface area contributed by atoms with Gasteiger partial charge in [0.15, 0.2) is 0 Å². The molecule has 2 N–H and O–H groups in total. The molecule has 0 aromatic rings. The summed E-state index contributed by atoms with van der Waals surface area (Å²) in [6, 6.07) is 0. The zero-order chi connectivity index (χ0) is 10.8. The van der Waals surface area contributed by atoms with Gasteiger partial charge in [0.25, 0.3) is 0 Å². The van der Waals surface area contributed by atoms with E-state index >= 15 is 0 Å². The van der Waals surface area contributed by atoms with Gasteiger partial charge in [0.05, 0.1) is 0 Å². The van der Waals surface area contributed by atoms with Crippen molar-refractivity contribution in [2.75, 3.05) is 0 Å². The molecule has 3 atom stereocenters. The third kappa shape index (κ3) is 2.31. The molecule has 0 spiro atoms. The second-order valence-corrected chi connectivity index (χ2v) is 5.40. The first-order chi connectivity index (χ1) is 6.53. The maximum absolute atomic E-state index is 6.48. The average molecular weight is 197 g/mol. The van der Waals surface area contributed by atoms with Gasteiger partial charge < -0.3 is 5.73 Å². The standard InChI is InChI=1S/C13H27N/c1-5-13(14,6-2)12-8-7-10(3)11(4)9-12/h10-12H,5-9,14H2,1-4H3. The Morgan fingerprint density at radius 3 is 2.07 bits per heavy atom. The molecule has 0 aromatic heterocycles. The lowest BCUT2D eigenvalue weighted by Crippen LogP contribution is -2.48. The zero-order valence-corrected chi connectivity index (χ0v) is 10.3. The highest BCUT2D eigenvalue weighted by molar-refractivity contribution is 4.92. The second-order valence-electron chi connectivity index (χ2n) is 5.40. The van der Waals surface area contributed by atoms with Crippen LogP contribution in [0.2, 0.25) is 0 Å². The minimum atomic E-state index is 0.119. The Kier molecular flexibility index (Phi) is 4.00. The van der Waals surface area contributed by atoms with Crippen LogP contribution in [-0.4, -0.2) is 5.54 Å². The van der Waals surface area contributed by atoms with Gasteiger partial charge in [0, 0.05) is 5.54 Å². The molecule has 1 aliphatic carbocycles. The smallest absolute Gasteiger partial charge is 0.0177 e. The van der Waals surface area contributed by atoms with E-state index in [0.29, 0.717) is 0 Å². The molecule has 1 saturated carbocycles. The van der Waals surface area contributed by atoms with Gasteiger partial charge in [-0.15, -0.1) is 0 Å². The van der Waals surface area contributed by atoms with E-state index in [4.69, 9.17) is 5.73 Å². The fourth-order valence-corrected chi connectivity index (χ4v) is 2.90. The van der Waals surface area contributed by atoms with Crippen LogP contribution in [0.3, 0.4) is 0 Å². The summed E-state index contributed by atoms with van der Waals surface area (Å²) in [5.74, 6) is 2.54. The maximum atomic E-state index is 6.48. The van der Waals surface area contributed by atoms with Crippen LogP contribution in [0, 0.1) is 17.8 Å². The van der Waals surface area contributed by atoms with Gasteiger partial charge in [-0.1, -0.05) is 34.1 Å². The van der Waals surface area contributed by atoms with E-state index in [0.717, 1.165) is 30.6 Å². The van der Waals surface area contributed by atoms with E-state index in [-0.39, 0.29) is 5.54 Å². The highest BCUT2D eigenvalue weighted by Crippen LogP contribution is 2.40. The highest BCUT2D eigenvalue weighted by atomic mass is 14.8. The molecule has 1 heteroatoms. The monoisotopic (exact) mass is 197 g/mol. The SMILES string of the molecule is CCC(N)(CC)C1CCC(C)C(C)C1. The molecule has 1 rings (SSSR count). The van der Waals surface area contributed by atoms with Gasteiger partial charge in [0.1, 0.15) is 0 Å². The number of nitrogens with two attached hydrogens (primary N) is 1. The molecular weight excluding hydrogens is 170 g/mol. The molecule has 1 nitrogen and oxygen atoms in total. The van der Waals surface area contributed by atoms with E-state index in [9.17, 15) is 0 Å². The molecule has 14 heavy (non-hydrogen) atoms. The molecule has 0 aliphatic heterocycles. The van der Waals surface area contributed by atoms with Crippen molar-refractivity contribution >= 4 is 0 Å². The number of rotatable bonds is 3. The van der Waals surface area contributed by atoms with Crippen LogP contribution in [0.5, 0.6) is 0 Å². The Bertz CT molecular complexity index is 172. The van der Waals surface area contributed by atoms with Crippen molar-refractivity contribution in [2.45, 2.75) is 65.3 Å². The van der Waals surface area contributed by atoms with Crippen molar-refractivity contribution in [3.8, 4) is 0 Å². The molecule has 0 saturated heterocycles. The predicted molar refractivity (Wildman–Crippen MR) is 63.2 cm³/mol. The van der Waals surface area contributed by atoms with Crippen LogP contribution in [0.25, 0.3) is 0 Å². The van der Waals surface area contributed by atoms with Crippen LogP contribution in [0.4, 0.5) is 0 Å². The fraction of sp³-hybridized carbons (Fsp3) is 1.00. The third-order valence-corrected chi connectivity index (χ3v) is 4.73. The van der Waals surface area contributed by atoms with E-state index in [1.807, 2.05) is 0 Å². The lowest BCUT2D eigenvalue weighted by atomic mass is 9.66. The van der Waals surface area contributed by atoms with Gasteiger partial charge in [0.2, 0.25) is 0 Å². The van der Waals surface area contributed by atoms with Gasteiger partial charge >= 0.3 is 0 Å². The summed E-state index contributed by atoms with van der Waals surface area (Å²) in [7, 11) is 0. The largest absolute Gasteiger partial charge is 0.325 e. The van der Waals surface area contributed by atoms with Gasteiger partial charge in [-0.05, 0) is 43.4 Å². The third-order valence-electron chi connectivity index (χ3n) is 4.73. The molecule has 0 heterocycles. The van der Waals surface area contributed by atoms with Crippen LogP contribution in [0.15, 0.2) is 0 Å². The van der Waals surface area contributed by atoms with Crippen LogP contribution >= 0.6 is 0 Å². The quantitative estimate of drug-likeness (QED) is 0.735. The lowest BCUT2D eigenvalue weighted by molar-refractivity contribution is 0.126. The van der Waals surface area contributed by atoms with Gasteiger partial charge in [-0.25, -0.2) is 0 Å². The maximum Gasteiger partial charge on any atom is 0.0177 e. The van der Waals surface area contributed by atoms with Crippen LogP contribution < -0.4 is 5.73 Å². The van der Waals surface area contributed by atoms with Crippen LogP contribution in [-0.2, 0) is 0 Å². The fourth-order valence-electron chi connectivity index (χ4n) is 2.90. The molecule has 1 aliphatic rings. The first kappa shape index (κ1) is 12.0.